The number of halogens is 2. The second-order valence-electron chi connectivity index (χ2n) is 5.38. The quantitative estimate of drug-likeness (QED) is 0.848. The van der Waals surface area contributed by atoms with Crippen LogP contribution in [0.25, 0.3) is 0 Å². The molecule has 1 N–H and O–H groups in total. The first-order chi connectivity index (χ1) is 11.5. The standard InChI is InChI=1S/C16H14F2N2O4/c1-7(17)12-8(3-19-5-10(12)18)13-9(15(21)23-2)4-20-11-6-24-16(22)14(11)13/h3-5,7,13,20H,6H2,1-2H3/t7-,13+/m1/s1. The normalized spacial score (nSPS) is 20.8. The number of nitrogens with zero attached hydrogens (tertiary/aromatic N) is 1. The number of hydrogen-bond acceptors (Lipinski definition) is 6. The molecule has 2 atom stereocenters. The van der Waals surface area contributed by atoms with E-state index in [9.17, 15) is 18.4 Å². The van der Waals surface area contributed by atoms with Gasteiger partial charge in [-0.1, -0.05) is 0 Å². The molecule has 0 fully saturated rings. The molecular formula is C16H14F2N2O4. The van der Waals surface area contributed by atoms with Crippen molar-refractivity contribution in [3.8, 4) is 0 Å². The van der Waals surface area contributed by atoms with Crippen molar-refractivity contribution in [1.29, 1.82) is 0 Å². The minimum Gasteiger partial charge on any atom is -0.466 e. The van der Waals surface area contributed by atoms with Gasteiger partial charge in [-0.25, -0.2) is 18.4 Å². The zero-order chi connectivity index (χ0) is 17.4. The zero-order valence-electron chi connectivity index (χ0n) is 12.9. The zero-order valence-corrected chi connectivity index (χ0v) is 12.9. The van der Waals surface area contributed by atoms with E-state index < -0.39 is 29.8 Å². The average molecular weight is 336 g/mol. The Labute approximate surface area is 136 Å². The van der Waals surface area contributed by atoms with Gasteiger partial charge in [-0.2, -0.15) is 0 Å². The number of esters is 2. The molecule has 0 aromatic carbocycles. The minimum atomic E-state index is -1.65. The Kier molecular flexibility index (Phi) is 4.04. The van der Waals surface area contributed by atoms with Crippen molar-refractivity contribution in [3.63, 3.8) is 0 Å². The van der Waals surface area contributed by atoms with E-state index >= 15 is 0 Å². The first-order valence-electron chi connectivity index (χ1n) is 7.18. The van der Waals surface area contributed by atoms with E-state index in [1.165, 1.54) is 26.4 Å². The Morgan fingerprint density at radius 1 is 1.50 bits per heavy atom. The number of cyclic esters (lactones) is 1. The van der Waals surface area contributed by atoms with Crippen molar-refractivity contribution in [1.82, 2.24) is 10.3 Å². The lowest BCUT2D eigenvalue weighted by Gasteiger charge is -2.26. The summed E-state index contributed by atoms with van der Waals surface area (Å²) in [5.41, 5.74) is 0.462. The van der Waals surface area contributed by atoms with Crippen molar-refractivity contribution in [2.24, 2.45) is 0 Å². The number of rotatable bonds is 3. The Morgan fingerprint density at radius 3 is 2.92 bits per heavy atom. The third-order valence-electron chi connectivity index (χ3n) is 3.99. The molecule has 3 heterocycles. The van der Waals surface area contributed by atoms with Crippen molar-refractivity contribution in [2.45, 2.75) is 19.0 Å². The maximum absolute atomic E-state index is 14.1. The van der Waals surface area contributed by atoms with Crippen LogP contribution in [-0.2, 0) is 19.1 Å². The fourth-order valence-electron chi connectivity index (χ4n) is 2.96. The lowest BCUT2D eigenvalue weighted by molar-refractivity contribution is -0.136. The van der Waals surface area contributed by atoms with Crippen LogP contribution in [0.1, 0.15) is 30.1 Å². The summed E-state index contributed by atoms with van der Waals surface area (Å²) in [5, 5.41) is 2.80. The SMILES string of the molecule is COC(=O)C1=CNC2=C(C(=O)OC2)[C@H]1c1cncc(F)c1[C@@H](C)F. The highest BCUT2D eigenvalue weighted by atomic mass is 19.1. The average Bonchev–Trinajstić information content (AvgIpc) is 2.94. The third-order valence-corrected chi connectivity index (χ3v) is 3.99. The van der Waals surface area contributed by atoms with Crippen LogP contribution in [0.3, 0.4) is 0 Å². The molecule has 8 heteroatoms. The van der Waals surface area contributed by atoms with E-state index in [-0.39, 0.29) is 28.9 Å². The molecule has 3 rings (SSSR count). The molecule has 2 aliphatic rings. The summed E-state index contributed by atoms with van der Waals surface area (Å²) in [6.07, 6.45) is 1.84. The molecule has 0 saturated heterocycles. The van der Waals surface area contributed by atoms with E-state index in [1.807, 2.05) is 0 Å². The molecule has 0 spiro atoms. The number of alkyl halides is 1. The van der Waals surface area contributed by atoms with Gasteiger partial charge >= 0.3 is 11.9 Å². The van der Waals surface area contributed by atoms with Gasteiger partial charge in [-0.05, 0) is 12.5 Å². The van der Waals surface area contributed by atoms with Gasteiger partial charge < -0.3 is 14.8 Å². The minimum absolute atomic E-state index is 0.00112. The highest BCUT2D eigenvalue weighted by Gasteiger charge is 2.41. The number of carbonyl (C=O) groups excluding carboxylic acids is 2. The summed E-state index contributed by atoms with van der Waals surface area (Å²) < 4.78 is 37.8. The Hall–Kier alpha value is -2.77. The maximum Gasteiger partial charge on any atom is 0.337 e. The van der Waals surface area contributed by atoms with E-state index in [0.717, 1.165) is 6.20 Å². The highest BCUT2D eigenvalue weighted by molar-refractivity contribution is 6.00. The summed E-state index contributed by atoms with van der Waals surface area (Å²) in [4.78, 5) is 28.0. The Morgan fingerprint density at radius 2 is 2.25 bits per heavy atom. The molecule has 0 unspecified atom stereocenters. The van der Waals surface area contributed by atoms with Crippen LogP contribution < -0.4 is 5.32 Å². The molecule has 24 heavy (non-hydrogen) atoms. The van der Waals surface area contributed by atoms with Crippen LogP contribution in [-0.4, -0.2) is 30.6 Å². The summed E-state index contributed by atoms with van der Waals surface area (Å²) in [7, 11) is 1.18. The summed E-state index contributed by atoms with van der Waals surface area (Å²) >= 11 is 0. The summed E-state index contributed by atoms with van der Waals surface area (Å²) in [6.45, 7) is 1.17. The molecule has 0 bridgehead atoms. The van der Waals surface area contributed by atoms with E-state index in [0.29, 0.717) is 5.70 Å². The number of hydrogen-bond donors (Lipinski definition) is 1. The second-order valence-corrected chi connectivity index (χ2v) is 5.38. The van der Waals surface area contributed by atoms with E-state index in [2.05, 4.69) is 10.3 Å². The number of dihydropyridines is 1. The number of ether oxygens (including phenoxy) is 2. The van der Waals surface area contributed by atoms with Crippen molar-refractivity contribution in [3.05, 3.63) is 52.4 Å². The van der Waals surface area contributed by atoms with Crippen LogP contribution in [0, 0.1) is 5.82 Å². The lowest BCUT2D eigenvalue weighted by Crippen LogP contribution is -2.27. The van der Waals surface area contributed by atoms with Crippen molar-refractivity contribution >= 4 is 11.9 Å². The van der Waals surface area contributed by atoms with Gasteiger partial charge in [0.15, 0.2) is 0 Å². The van der Waals surface area contributed by atoms with Gasteiger partial charge in [0.1, 0.15) is 18.6 Å². The second kappa shape index (κ2) is 6.03. The first-order valence-corrected chi connectivity index (χ1v) is 7.18. The predicted molar refractivity (Wildman–Crippen MR) is 77.7 cm³/mol. The molecule has 0 amide bonds. The van der Waals surface area contributed by atoms with Crippen LogP contribution in [0.5, 0.6) is 0 Å². The molecule has 0 saturated carbocycles. The van der Waals surface area contributed by atoms with E-state index in [1.54, 1.807) is 0 Å². The molecule has 0 aliphatic carbocycles. The predicted octanol–water partition coefficient (Wildman–Crippen LogP) is 1.81. The monoisotopic (exact) mass is 336 g/mol. The van der Waals surface area contributed by atoms with Crippen molar-refractivity contribution < 1.29 is 27.8 Å². The molecule has 2 aliphatic heterocycles. The molecule has 1 aromatic rings. The number of carbonyl (C=O) groups is 2. The summed E-state index contributed by atoms with van der Waals surface area (Å²) in [6, 6.07) is 0. The fraction of sp³-hybridized carbons (Fsp3) is 0.312. The van der Waals surface area contributed by atoms with Crippen LogP contribution in [0.2, 0.25) is 0 Å². The van der Waals surface area contributed by atoms with E-state index in [4.69, 9.17) is 9.47 Å². The highest BCUT2D eigenvalue weighted by Crippen LogP contribution is 2.42. The lowest BCUT2D eigenvalue weighted by atomic mass is 9.80. The van der Waals surface area contributed by atoms with Gasteiger partial charge in [0.05, 0.1) is 36.1 Å². The van der Waals surface area contributed by atoms with Gasteiger partial charge in [-0.15, -0.1) is 0 Å². The van der Waals surface area contributed by atoms with Crippen LogP contribution >= 0.6 is 0 Å². The molecule has 0 radical (unpaired) electrons. The van der Waals surface area contributed by atoms with Crippen LogP contribution in [0.15, 0.2) is 35.4 Å². The summed E-state index contributed by atoms with van der Waals surface area (Å²) in [5.74, 6) is -3.24. The number of pyridine rings is 1. The van der Waals surface area contributed by atoms with Crippen molar-refractivity contribution in [2.75, 3.05) is 13.7 Å². The Balaban J connectivity index is 2.22. The number of aromatic nitrogens is 1. The van der Waals surface area contributed by atoms with Gasteiger partial charge in [0, 0.05) is 18.0 Å². The molecule has 126 valence electrons. The smallest absolute Gasteiger partial charge is 0.337 e. The fourth-order valence-corrected chi connectivity index (χ4v) is 2.96. The Bertz CT molecular complexity index is 786. The third kappa shape index (κ3) is 2.44. The molecule has 6 nitrogen and oxygen atoms in total. The molecule has 1 aromatic heterocycles. The first kappa shape index (κ1) is 16.1. The van der Waals surface area contributed by atoms with Gasteiger partial charge in [-0.3, -0.25) is 4.98 Å². The largest absolute Gasteiger partial charge is 0.466 e. The van der Waals surface area contributed by atoms with Gasteiger partial charge in [0.2, 0.25) is 0 Å². The maximum atomic E-state index is 14.1. The van der Waals surface area contributed by atoms with Crippen LogP contribution in [0.4, 0.5) is 8.78 Å². The number of methoxy groups -OCH3 is 1. The van der Waals surface area contributed by atoms with Gasteiger partial charge in [0.25, 0.3) is 0 Å². The topological polar surface area (TPSA) is 77.5 Å². The number of nitrogens with one attached hydrogen (secondary N) is 1. The molecular weight excluding hydrogens is 322 g/mol.